The van der Waals surface area contributed by atoms with E-state index in [1.54, 1.807) is 36.0 Å². The molecule has 0 aliphatic heterocycles. The average molecular weight is 404 g/mol. The molecule has 0 bridgehead atoms. The van der Waals surface area contributed by atoms with Gasteiger partial charge in [-0.3, -0.25) is 14.3 Å². The summed E-state index contributed by atoms with van der Waals surface area (Å²) < 4.78 is 1.64. The highest BCUT2D eigenvalue weighted by atomic mass is 16.3. The molecular weight excluding hydrogens is 380 g/mol. The van der Waals surface area contributed by atoms with Crippen molar-refractivity contribution in [2.45, 2.75) is 32.4 Å². The average Bonchev–Trinajstić information content (AvgIpc) is 3.22. The van der Waals surface area contributed by atoms with Gasteiger partial charge in [0.2, 0.25) is 0 Å². The number of aryl methyl sites for hydroxylation is 3. The Morgan fingerprint density at radius 1 is 1.10 bits per heavy atom. The second kappa shape index (κ2) is 7.76. The van der Waals surface area contributed by atoms with Gasteiger partial charge in [0.25, 0.3) is 11.8 Å². The van der Waals surface area contributed by atoms with Crippen LogP contribution in [-0.4, -0.2) is 32.8 Å². The summed E-state index contributed by atoms with van der Waals surface area (Å²) in [5, 5.41) is 20.3. The molecule has 7 nitrogen and oxygen atoms in total. The van der Waals surface area contributed by atoms with Crippen molar-refractivity contribution in [1.82, 2.24) is 15.1 Å². The van der Waals surface area contributed by atoms with Crippen molar-refractivity contribution in [1.29, 1.82) is 0 Å². The van der Waals surface area contributed by atoms with Crippen LogP contribution in [0.1, 0.15) is 49.3 Å². The molecule has 4 rings (SSSR count). The van der Waals surface area contributed by atoms with Crippen molar-refractivity contribution in [2.75, 3.05) is 5.32 Å². The zero-order valence-corrected chi connectivity index (χ0v) is 17.1. The first-order valence-electron chi connectivity index (χ1n) is 9.83. The molecule has 0 radical (unpaired) electrons. The summed E-state index contributed by atoms with van der Waals surface area (Å²) in [6, 6.07) is 14.1. The number of amides is 2. The molecule has 0 fully saturated rings. The lowest BCUT2D eigenvalue weighted by Gasteiger charge is -2.18. The zero-order valence-electron chi connectivity index (χ0n) is 17.1. The van der Waals surface area contributed by atoms with Gasteiger partial charge in [-0.1, -0.05) is 30.3 Å². The minimum absolute atomic E-state index is 0.306. The van der Waals surface area contributed by atoms with Crippen LogP contribution < -0.4 is 10.6 Å². The molecule has 30 heavy (non-hydrogen) atoms. The Hall–Kier alpha value is -3.45. The third-order valence-electron chi connectivity index (χ3n) is 5.58. The molecule has 3 aromatic rings. The van der Waals surface area contributed by atoms with Crippen molar-refractivity contribution >= 4 is 17.5 Å². The van der Waals surface area contributed by atoms with E-state index in [4.69, 9.17) is 0 Å². The first kappa shape index (κ1) is 19.8. The van der Waals surface area contributed by atoms with E-state index >= 15 is 0 Å². The van der Waals surface area contributed by atoms with E-state index in [9.17, 15) is 14.7 Å². The molecule has 0 unspecified atom stereocenters. The van der Waals surface area contributed by atoms with Gasteiger partial charge in [0.15, 0.2) is 5.69 Å². The number of anilines is 1. The third kappa shape index (κ3) is 3.71. The molecule has 1 heterocycles. The maximum Gasteiger partial charge on any atom is 0.276 e. The minimum Gasteiger partial charge on any atom is -0.390 e. The Morgan fingerprint density at radius 2 is 1.87 bits per heavy atom. The van der Waals surface area contributed by atoms with E-state index in [2.05, 4.69) is 15.7 Å². The smallest absolute Gasteiger partial charge is 0.276 e. The molecule has 7 heteroatoms. The molecular formula is C23H24N4O3. The number of nitrogens with one attached hydrogen (secondary N) is 2. The summed E-state index contributed by atoms with van der Waals surface area (Å²) in [6.07, 6.45) is -0.150. The van der Waals surface area contributed by atoms with E-state index in [-0.39, 0.29) is 11.8 Å². The highest BCUT2D eigenvalue weighted by molar-refractivity contribution is 6.04. The van der Waals surface area contributed by atoms with Crippen molar-refractivity contribution in [3.05, 3.63) is 82.2 Å². The first-order chi connectivity index (χ1) is 14.3. The molecule has 0 saturated heterocycles. The molecule has 3 N–H and O–H groups in total. The number of benzene rings is 2. The SMILES string of the molecule is Cc1ccc(C(=O)N[C@H]2c3ccccc3C[C@H]2O)cc1NC(=O)c1cc(C)n(C)n1. The molecule has 0 saturated carbocycles. The van der Waals surface area contributed by atoms with E-state index in [0.29, 0.717) is 23.4 Å². The lowest BCUT2D eigenvalue weighted by Crippen LogP contribution is -2.33. The number of aromatic nitrogens is 2. The van der Waals surface area contributed by atoms with Gasteiger partial charge in [-0.05, 0) is 48.7 Å². The Morgan fingerprint density at radius 3 is 2.60 bits per heavy atom. The minimum atomic E-state index is -0.664. The van der Waals surface area contributed by atoms with Crippen LogP contribution in [0.25, 0.3) is 0 Å². The molecule has 1 aliphatic rings. The van der Waals surface area contributed by atoms with Crippen molar-refractivity contribution < 1.29 is 14.7 Å². The van der Waals surface area contributed by atoms with Gasteiger partial charge in [-0.2, -0.15) is 5.10 Å². The highest BCUT2D eigenvalue weighted by Gasteiger charge is 2.32. The van der Waals surface area contributed by atoms with Crippen LogP contribution in [0.3, 0.4) is 0 Å². The number of rotatable bonds is 4. The number of nitrogens with zero attached hydrogens (tertiary/aromatic N) is 2. The normalized spacial score (nSPS) is 17.5. The first-order valence-corrected chi connectivity index (χ1v) is 9.83. The highest BCUT2D eigenvalue weighted by Crippen LogP contribution is 2.31. The Bertz CT molecular complexity index is 1120. The Labute approximate surface area is 174 Å². The number of carbonyl (C=O) groups is 2. The molecule has 2 amide bonds. The molecule has 1 aliphatic carbocycles. The van der Waals surface area contributed by atoms with Crippen LogP contribution in [0.2, 0.25) is 0 Å². The van der Waals surface area contributed by atoms with Crippen LogP contribution in [-0.2, 0) is 13.5 Å². The van der Waals surface area contributed by atoms with Crippen molar-refractivity contribution in [3.8, 4) is 0 Å². The quantitative estimate of drug-likeness (QED) is 0.623. The number of hydrogen-bond donors (Lipinski definition) is 3. The fourth-order valence-corrected chi connectivity index (χ4v) is 3.73. The van der Waals surface area contributed by atoms with E-state index in [0.717, 1.165) is 22.4 Å². The fraction of sp³-hybridized carbons (Fsp3) is 0.261. The summed E-state index contributed by atoms with van der Waals surface area (Å²) >= 11 is 0. The molecule has 2 atom stereocenters. The van der Waals surface area contributed by atoms with Gasteiger partial charge in [0.1, 0.15) is 0 Å². The largest absolute Gasteiger partial charge is 0.390 e. The summed E-state index contributed by atoms with van der Waals surface area (Å²) in [7, 11) is 1.78. The second-order valence-corrected chi connectivity index (χ2v) is 7.70. The summed E-state index contributed by atoms with van der Waals surface area (Å²) in [5.74, 6) is -0.639. The van der Waals surface area contributed by atoms with Gasteiger partial charge in [0.05, 0.1) is 12.1 Å². The van der Waals surface area contributed by atoms with Gasteiger partial charge in [-0.15, -0.1) is 0 Å². The van der Waals surface area contributed by atoms with Gasteiger partial charge in [0, 0.05) is 30.4 Å². The van der Waals surface area contributed by atoms with Crippen LogP contribution in [0, 0.1) is 13.8 Å². The van der Waals surface area contributed by atoms with Crippen LogP contribution in [0.15, 0.2) is 48.5 Å². The second-order valence-electron chi connectivity index (χ2n) is 7.70. The number of aliphatic hydroxyl groups is 1. The van der Waals surface area contributed by atoms with E-state index in [1.165, 1.54) is 0 Å². The van der Waals surface area contributed by atoms with Crippen LogP contribution >= 0.6 is 0 Å². The zero-order chi connectivity index (χ0) is 21.4. The molecule has 2 aromatic carbocycles. The third-order valence-corrected chi connectivity index (χ3v) is 5.58. The molecule has 1 aromatic heterocycles. The number of aliphatic hydroxyl groups excluding tert-OH is 1. The van der Waals surface area contributed by atoms with Crippen molar-refractivity contribution in [2.24, 2.45) is 7.05 Å². The molecule has 0 spiro atoms. The Kier molecular flexibility index (Phi) is 5.13. The predicted octanol–water partition coefficient (Wildman–Crippen LogP) is 2.68. The number of fused-ring (bicyclic) bond motifs is 1. The lowest BCUT2D eigenvalue weighted by atomic mass is 10.1. The predicted molar refractivity (Wildman–Crippen MR) is 113 cm³/mol. The van der Waals surface area contributed by atoms with Gasteiger partial charge < -0.3 is 15.7 Å². The topological polar surface area (TPSA) is 96.3 Å². The number of carbonyl (C=O) groups excluding carboxylic acids is 2. The maximum absolute atomic E-state index is 12.9. The Balaban J connectivity index is 1.53. The van der Waals surface area contributed by atoms with E-state index in [1.807, 2.05) is 38.1 Å². The fourth-order valence-electron chi connectivity index (χ4n) is 3.73. The number of hydrogen-bond acceptors (Lipinski definition) is 4. The standard InChI is InChI=1S/C23H24N4O3/c1-13-8-9-16(11-18(13)24-23(30)19-10-14(2)27(3)26-19)22(29)25-21-17-7-5-4-6-15(17)12-20(21)28/h4-11,20-21,28H,12H2,1-3H3,(H,24,30)(H,25,29)/t20-,21+/m1/s1. The summed E-state index contributed by atoms with van der Waals surface area (Å²) in [5.41, 5.74) is 4.95. The maximum atomic E-state index is 12.9. The molecule has 154 valence electrons. The summed E-state index contributed by atoms with van der Waals surface area (Å²) in [6.45, 7) is 3.73. The van der Waals surface area contributed by atoms with Crippen LogP contribution in [0.5, 0.6) is 0 Å². The monoisotopic (exact) mass is 404 g/mol. The van der Waals surface area contributed by atoms with Gasteiger partial charge in [-0.25, -0.2) is 0 Å². The summed E-state index contributed by atoms with van der Waals surface area (Å²) in [4.78, 5) is 25.4. The van der Waals surface area contributed by atoms with Crippen molar-refractivity contribution in [3.63, 3.8) is 0 Å². The van der Waals surface area contributed by atoms with Crippen LogP contribution in [0.4, 0.5) is 5.69 Å². The van der Waals surface area contributed by atoms with E-state index < -0.39 is 12.1 Å². The van der Waals surface area contributed by atoms with Gasteiger partial charge >= 0.3 is 0 Å². The lowest BCUT2D eigenvalue weighted by molar-refractivity contribution is 0.0858.